The fourth-order valence-electron chi connectivity index (χ4n) is 4.08. The predicted octanol–water partition coefficient (Wildman–Crippen LogP) is 3.09. The normalized spacial score (nSPS) is 17.1. The van der Waals surface area contributed by atoms with Gasteiger partial charge >= 0.3 is 0 Å². The van der Waals surface area contributed by atoms with Crippen LogP contribution in [0.3, 0.4) is 0 Å². The number of benzene rings is 2. The van der Waals surface area contributed by atoms with Gasteiger partial charge < -0.3 is 10.1 Å². The molecule has 3 aromatic rings. The van der Waals surface area contributed by atoms with Crippen LogP contribution >= 0.6 is 0 Å². The van der Waals surface area contributed by atoms with Gasteiger partial charge in [-0.25, -0.2) is 0 Å². The van der Waals surface area contributed by atoms with Crippen LogP contribution in [0, 0.1) is 0 Å². The second kappa shape index (κ2) is 10.9. The molecule has 1 saturated heterocycles. The number of rotatable bonds is 8. The molecule has 166 valence electrons. The van der Waals surface area contributed by atoms with Crippen molar-refractivity contribution in [3.05, 3.63) is 95.8 Å². The van der Waals surface area contributed by atoms with Gasteiger partial charge in [0.25, 0.3) is 0 Å². The summed E-state index contributed by atoms with van der Waals surface area (Å²) in [5.74, 6) is 0.873. The average molecular weight is 431 g/mol. The van der Waals surface area contributed by atoms with Gasteiger partial charge in [0, 0.05) is 46.0 Å². The van der Waals surface area contributed by atoms with Crippen molar-refractivity contribution in [2.24, 2.45) is 0 Å². The number of hydrogen-bond donors (Lipinski definition) is 1. The molecule has 1 aliphatic heterocycles. The number of aromatic nitrogens is 1. The maximum absolute atomic E-state index is 12.7. The zero-order chi connectivity index (χ0) is 22.2. The number of pyridine rings is 1. The van der Waals surface area contributed by atoms with Crippen molar-refractivity contribution in [3.8, 4) is 5.75 Å². The maximum atomic E-state index is 12.7. The van der Waals surface area contributed by atoms with Gasteiger partial charge in [-0.1, -0.05) is 48.5 Å². The summed E-state index contributed by atoms with van der Waals surface area (Å²) < 4.78 is 5.93. The highest BCUT2D eigenvalue weighted by molar-refractivity contribution is 5.81. The standard InChI is InChI=1S/C26H30N4O2/c1-27-26(31)25-19-29(17-21-8-3-2-4-9-21)14-15-30(25)18-22-10-7-12-24(16-22)32-20-23-11-5-6-13-28-23/h2-13,16,25H,14-15,17-20H2,1H3,(H,27,31). The molecule has 6 nitrogen and oxygen atoms in total. The van der Waals surface area contributed by atoms with Crippen LogP contribution in [0.4, 0.5) is 0 Å². The molecule has 1 N–H and O–H groups in total. The fourth-order valence-corrected chi connectivity index (χ4v) is 4.08. The van der Waals surface area contributed by atoms with Crippen LogP contribution in [-0.4, -0.2) is 53.4 Å². The lowest BCUT2D eigenvalue weighted by atomic mass is 10.1. The summed E-state index contributed by atoms with van der Waals surface area (Å²) in [7, 11) is 1.71. The van der Waals surface area contributed by atoms with E-state index in [4.69, 9.17) is 4.74 Å². The Balaban J connectivity index is 1.39. The Kier molecular flexibility index (Phi) is 7.48. The van der Waals surface area contributed by atoms with Crippen LogP contribution < -0.4 is 10.1 Å². The minimum Gasteiger partial charge on any atom is -0.487 e. The van der Waals surface area contributed by atoms with E-state index in [1.165, 1.54) is 5.56 Å². The van der Waals surface area contributed by atoms with Gasteiger partial charge in [0.05, 0.1) is 5.69 Å². The van der Waals surface area contributed by atoms with E-state index in [-0.39, 0.29) is 11.9 Å². The molecule has 4 rings (SSSR count). The summed E-state index contributed by atoms with van der Waals surface area (Å²) in [5.41, 5.74) is 3.30. The average Bonchev–Trinajstić information content (AvgIpc) is 2.85. The minimum absolute atomic E-state index is 0.0605. The highest BCUT2D eigenvalue weighted by Crippen LogP contribution is 2.20. The molecule has 1 unspecified atom stereocenters. The molecule has 0 spiro atoms. The number of likely N-dealkylation sites (N-methyl/N-ethyl adjacent to an activating group) is 1. The van der Waals surface area contributed by atoms with Gasteiger partial charge in [-0.3, -0.25) is 19.6 Å². The SMILES string of the molecule is CNC(=O)C1CN(Cc2ccccc2)CCN1Cc1cccc(OCc2ccccn2)c1. The minimum atomic E-state index is -0.185. The Bertz CT molecular complexity index is 997. The first kappa shape index (κ1) is 22.0. The van der Waals surface area contributed by atoms with E-state index >= 15 is 0 Å². The first-order chi connectivity index (χ1) is 15.7. The second-order valence-electron chi connectivity index (χ2n) is 8.08. The van der Waals surface area contributed by atoms with E-state index in [1.807, 2.05) is 36.4 Å². The van der Waals surface area contributed by atoms with Crippen molar-refractivity contribution in [3.63, 3.8) is 0 Å². The Hall–Kier alpha value is -3.22. The molecule has 2 heterocycles. The summed E-state index contributed by atoms with van der Waals surface area (Å²) in [6.07, 6.45) is 1.77. The van der Waals surface area contributed by atoms with Crippen LogP contribution in [0.15, 0.2) is 79.0 Å². The molecule has 1 fully saturated rings. The third-order valence-corrected chi connectivity index (χ3v) is 5.77. The first-order valence-electron chi connectivity index (χ1n) is 11.0. The number of hydrogen-bond acceptors (Lipinski definition) is 5. The number of carbonyl (C=O) groups is 1. The number of ether oxygens (including phenoxy) is 1. The van der Waals surface area contributed by atoms with Crippen molar-refractivity contribution in [1.29, 1.82) is 0 Å². The molecule has 0 radical (unpaired) electrons. The van der Waals surface area contributed by atoms with Crippen LogP contribution in [0.25, 0.3) is 0 Å². The highest BCUT2D eigenvalue weighted by atomic mass is 16.5. The van der Waals surface area contributed by atoms with Crippen LogP contribution in [0.2, 0.25) is 0 Å². The number of amides is 1. The van der Waals surface area contributed by atoms with Crippen LogP contribution in [-0.2, 0) is 24.5 Å². The molecule has 1 amide bonds. The Morgan fingerprint density at radius 1 is 1.00 bits per heavy atom. The van der Waals surface area contributed by atoms with E-state index in [9.17, 15) is 4.79 Å². The lowest BCUT2D eigenvalue weighted by Gasteiger charge is -2.40. The lowest BCUT2D eigenvalue weighted by molar-refractivity contribution is -0.128. The topological polar surface area (TPSA) is 57.7 Å². The molecule has 1 aliphatic rings. The molecule has 1 atom stereocenters. The highest BCUT2D eigenvalue weighted by Gasteiger charge is 2.31. The summed E-state index contributed by atoms with van der Waals surface area (Å²) >= 11 is 0. The molecule has 2 aromatic carbocycles. The zero-order valence-corrected chi connectivity index (χ0v) is 18.5. The summed E-state index contributed by atoms with van der Waals surface area (Å²) in [5, 5.41) is 2.85. The number of nitrogens with one attached hydrogen (secondary N) is 1. The van der Waals surface area contributed by atoms with E-state index in [0.717, 1.165) is 36.6 Å². The Morgan fingerprint density at radius 3 is 2.59 bits per heavy atom. The van der Waals surface area contributed by atoms with Gasteiger partial charge in [-0.2, -0.15) is 0 Å². The van der Waals surface area contributed by atoms with Crippen molar-refractivity contribution in [2.75, 3.05) is 26.7 Å². The van der Waals surface area contributed by atoms with Gasteiger partial charge in [-0.05, 0) is 35.4 Å². The van der Waals surface area contributed by atoms with Crippen LogP contribution in [0.1, 0.15) is 16.8 Å². The molecule has 1 aromatic heterocycles. The van der Waals surface area contributed by atoms with Gasteiger partial charge in [0.1, 0.15) is 18.4 Å². The van der Waals surface area contributed by atoms with Crippen molar-refractivity contribution >= 4 is 5.91 Å². The smallest absolute Gasteiger partial charge is 0.238 e. The van der Waals surface area contributed by atoms with Crippen molar-refractivity contribution in [2.45, 2.75) is 25.7 Å². The van der Waals surface area contributed by atoms with Gasteiger partial charge in [0.15, 0.2) is 0 Å². The van der Waals surface area contributed by atoms with Gasteiger partial charge in [0.2, 0.25) is 5.91 Å². The summed E-state index contributed by atoms with van der Waals surface area (Å²) in [6.45, 7) is 4.48. The fraction of sp³-hybridized carbons (Fsp3) is 0.308. The quantitative estimate of drug-likeness (QED) is 0.595. The third-order valence-electron chi connectivity index (χ3n) is 5.77. The molecule has 6 heteroatoms. The molecule has 0 aliphatic carbocycles. The molecule has 0 bridgehead atoms. The van der Waals surface area contributed by atoms with E-state index < -0.39 is 0 Å². The predicted molar refractivity (Wildman–Crippen MR) is 125 cm³/mol. The summed E-state index contributed by atoms with van der Waals surface area (Å²) in [4.78, 5) is 21.6. The Morgan fingerprint density at radius 2 is 1.81 bits per heavy atom. The van der Waals surface area contributed by atoms with Crippen molar-refractivity contribution < 1.29 is 9.53 Å². The molecular formula is C26H30N4O2. The number of piperazine rings is 1. The molecule has 0 saturated carbocycles. The molecular weight excluding hydrogens is 400 g/mol. The summed E-state index contributed by atoms with van der Waals surface area (Å²) in [6, 6.07) is 24.1. The largest absolute Gasteiger partial charge is 0.487 e. The Labute approximate surface area is 189 Å². The first-order valence-corrected chi connectivity index (χ1v) is 11.0. The van der Waals surface area contributed by atoms with Gasteiger partial charge in [-0.15, -0.1) is 0 Å². The lowest BCUT2D eigenvalue weighted by Crippen LogP contribution is -2.57. The monoisotopic (exact) mass is 430 g/mol. The zero-order valence-electron chi connectivity index (χ0n) is 18.5. The van der Waals surface area contributed by atoms with Crippen molar-refractivity contribution in [1.82, 2.24) is 20.1 Å². The number of nitrogens with zero attached hydrogens (tertiary/aromatic N) is 3. The molecule has 32 heavy (non-hydrogen) atoms. The van der Waals surface area contributed by atoms with E-state index in [1.54, 1.807) is 13.2 Å². The second-order valence-corrected chi connectivity index (χ2v) is 8.08. The van der Waals surface area contributed by atoms with E-state index in [2.05, 4.69) is 56.5 Å². The van der Waals surface area contributed by atoms with Crippen LogP contribution in [0.5, 0.6) is 5.75 Å². The third kappa shape index (κ3) is 5.93. The van der Waals surface area contributed by atoms with E-state index in [0.29, 0.717) is 19.7 Å². The maximum Gasteiger partial charge on any atom is 0.238 e. The number of carbonyl (C=O) groups excluding carboxylic acids is 1.